The molecule has 2 nitrogen and oxygen atoms in total. The number of hydrogen-bond acceptors (Lipinski definition) is 1. The molecule has 1 aromatic carbocycles. The van der Waals surface area contributed by atoms with Crippen molar-refractivity contribution >= 4 is 26.8 Å². The number of halogens is 1. The van der Waals surface area contributed by atoms with E-state index in [-0.39, 0.29) is 0 Å². The Hall–Kier alpha value is -0.830. The van der Waals surface area contributed by atoms with Crippen LogP contribution in [0.2, 0.25) is 0 Å². The molecule has 0 N–H and O–H groups in total. The van der Waals surface area contributed by atoms with Crippen LogP contribution in [0.5, 0.6) is 0 Å². The number of alkyl halides is 1. The van der Waals surface area contributed by atoms with Gasteiger partial charge in [-0.25, -0.2) is 0 Å². The standard InChI is InChI=1S/C12H15BrN2/c1-8(2)15-11(7-13)10-6-4-5-9(3)12(10)14-15/h4-6,8H,7H2,1-3H3. The summed E-state index contributed by atoms with van der Waals surface area (Å²) in [6, 6.07) is 6.75. The highest BCUT2D eigenvalue weighted by Crippen LogP contribution is 2.25. The lowest BCUT2D eigenvalue weighted by Crippen LogP contribution is -2.05. The van der Waals surface area contributed by atoms with Crippen molar-refractivity contribution in [3.05, 3.63) is 29.5 Å². The molecule has 1 heterocycles. The van der Waals surface area contributed by atoms with E-state index >= 15 is 0 Å². The number of benzene rings is 1. The Balaban J connectivity index is 2.78. The molecule has 1 aromatic heterocycles. The summed E-state index contributed by atoms with van der Waals surface area (Å²) in [5.41, 5.74) is 3.64. The van der Waals surface area contributed by atoms with E-state index in [9.17, 15) is 0 Å². The van der Waals surface area contributed by atoms with Crippen LogP contribution in [0.25, 0.3) is 10.9 Å². The molecule has 3 heteroatoms. The van der Waals surface area contributed by atoms with Crippen molar-refractivity contribution in [2.45, 2.75) is 32.1 Å². The van der Waals surface area contributed by atoms with E-state index in [1.54, 1.807) is 0 Å². The van der Waals surface area contributed by atoms with Crippen molar-refractivity contribution in [2.24, 2.45) is 0 Å². The quantitative estimate of drug-likeness (QED) is 0.756. The van der Waals surface area contributed by atoms with Gasteiger partial charge in [0.25, 0.3) is 0 Å². The van der Waals surface area contributed by atoms with Gasteiger partial charge in [0.05, 0.1) is 11.2 Å². The van der Waals surface area contributed by atoms with Crippen LogP contribution in [0.15, 0.2) is 18.2 Å². The smallest absolute Gasteiger partial charge is 0.0955 e. The molecule has 15 heavy (non-hydrogen) atoms. The maximum absolute atomic E-state index is 4.67. The predicted octanol–water partition coefficient (Wildman–Crippen LogP) is 3.82. The average Bonchev–Trinajstić information content (AvgIpc) is 2.57. The molecule has 2 aromatic rings. The first-order valence-corrected chi connectivity index (χ1v) is 6.30. The number of fused-ring (bicyclic) bond motifs is 1. The molecule has 0 spiro atoms. The third-order valence-electron chi connectivity index (χ3n) is 2.65. The van der Waals surface area contributed by atoms with E-state index in [1.165, 1.54) is 16.6 Å². The van der Waals surface area contributed by atoms with Crippen LogP contribution in [-0.4, -0.2) is 9.78 Å². The molecule has 0 saturated carbocycles. The highest BCUT2D eigenvalue weighted by molar-refractivity contribution is 9.08. The highest BCUT2D eigenvalue weighted by atomic mass is 79.9. The van der Waals surface area contributed by atoms with Gasteiger partial charge in [0.1, 0.15) is 0 Å². The topological polar surface area (TPSA) is 17.8 Å². The molecule has 0 aliphatic heterocycles. The van der Waals surface area contributed by atoms with E-state index in [1.807, 2.05) is 0 Å². The number of nitrogens with zero attached hydrogens (tertiary/aromatic N) is 2. The van der Waals surface area contributed by atoms with Crippen molar-refractivity contribution in [2.75, 3.05) is 0 Å². The lowest BCUT2D eigenvalue weighted by molar-refractivity contribution is 0.523. The van der Waals surface area contributed by atoms with Gasteiger partial charge >= 0.3 is 0 Å². The Morgan fingerprint density at radius 2 is 2.13 bits per heavy atom. The monoisotopic (exact) mass is 266 g/mol. The summed E-state index contributed by atoms with van der Waals surface area (Å²) in [7, 11) is 0. The van der Waals surface area contributed by atoms with Crippen LogP contribution >= 0.6 is 15.9 Å². The van der Waals surface area contributed by atoms with Gasteiger partial charge in [-0.3, -0.25) is 4.68 Å². The summed E-state index contributed by atoms with van der Waals surface area (Å²) in [6.45, 7) is 6.43. The summed E-state index contributed by atoms with van der Waals surface area (Å²) >= 11 is 3.54. The zero-order valence-electron chi connectivity index (χ0n) is 9.29. The number of aromatic nitrogens is 2. The minimum Gasteiger partial charge on any atom is -0.265 e. The third kappa shape index (κ3) is 1.69. The molecule has 0 atom stereocenters. The molecular formula is C12H15BrN2. The fourth-order valence-corrected chi connectivity index (χ4v) is 2.44. The largest absolute Gasteiger partial charge is 0.265 e. The molecule has 0 fully saturated rings. The Morgan fingerprint density at radius 3 is 2.73 bits per heavy atom. The van der Waals surface area contributed by atoms with Gasteiger partial charge in [0.15, 0.2) is 0 Å². The van der Waals surface area contributed by atoms with Crippen LogP contribution < -0.4 is 0 Å². The number of aryl methyl sites for hydroxylation is 1. The zero-order chi connectivity index (χ0) is 11.0. The lowest BCUT2D eigenvalue weighted by atomic mass is 10.1. The molecule has 0 radical (unpaired) electrons. The van der Waals surface area contributed by atoms with E-state index in [0.717, 1.165) is 10.8 Å². The Bertz CT molecular complexity index is 486. The number of rotatable bonds is 2. The van der Waals surface area contributed by atoms with Crippen LogP contribution in [-0.2, 0) is 5.33 Å². The van der Waals surface area contributed by atoms with Gasteiger partial charge in [-0.05, 0) is 26.3 Å². The molecule has 0 unspecified atom stereocenters. The van der Waals surface area contributed by atoms with Crippen LogP contribution in [0, 0.1) is 6.92 Å². The van der Waals surface area contributed by atoms with Crippen molar-refractivity contribution in [1.29, 1.82) is 0 Å². The molecule has 0 bridgehead atoms. The first-order valence-electron chi connectivity index (χ1n) is 5.17. The Kier molecular flexibility index (Phi) is 2.83. The summed E-state index contributed by atoms with van der Waals surface area (Å²) in [5, 5.41) is 6.79. The second-order valence-corrected chi connectivity index (χ2v) is 4.65. The molecule has 0 amide bonds. The minimum absolute atomic E-state index is 0.407. The second kappa shape index (κ2) is 3.97. The molecule has 0 aliphatic carbocycles. The van der Waals surface area contributed by atoms with Crippen molar-refractivity contribution < 1.29 is 0 Å². The van der Waals surface area contributed by atoms with Crippen LogP contribution in [0.4, 0.5) is 0 Å². The first kappa shape index (κ1) is 10.7. The van der Waals surface area contributed by atoms with E-state index < -0.39 is 0 Å². The number of hydrogen-bond donors (Lipinski definition) is 0. The molecule has 2 rings (SSSR count). The van der Waals surface area contributed by atoms with Gasteiger partial charge in [0.2, 0.25) is 0 Å². The van der Waals surface area contributed by atoms with Crippen molar-refractivity contribution in [3.63, 3.8) is 0 Å². The fourth-order valence-electron chi connectivity index (χ4n) is 1.88. The third-order valence-corrected chi connectivity index (χ3v) is 3.18. The summed E-state index contributed by atoms with van der Waals surface area (Å²) in [6.07, 6.45) is 0. The Morgan fingerprint density at radius 1 is 1.40 bits per heavy atom. The van der Waals surface area contributed by atoms with Crippen molar-refractivity contribution in [3.8, 4) is 0 Å². The minimum atomic E-state index is 0.407. The molecular weight excluding hydrogens is 252 g/mol. The summed E-state index contributed by atoms with van der Waals surface area (Å²) in [4.78, 5) is 0. The van der Waals surface area contributed by atoms with E-state index in [0.29, 0.717) is 6.04 Å². The van der Waals surface area contributed by atoms with Crippen molar-refractivity contribution in [1.82, 2.24) is 9.78 Å². The fraction of sp³-hybridized carbons (Fsp3) is 0.417. The van der Waals surface area contributed by atoms with Gasteiger partial charge in [-0.2, -0.15) is 5.10 Å². The van der Waals surface area contributed by atoms with Crippen LogP contribution in [0.1, 0.15) is 31.1 Å². The lowest BCUT2D eigenvalue weighted by Gasteiger charge is -2.08. The van der Waals surface area contributed by atoms with Gasteiger partial charge in [-0.15, -0.1) is 0 Å². The highest BCUT2D eigenvalue weighted by Gasteiger charge is 2.12. The predicted molar refractivity (Wildman–Crippen MR) is 67.5 cm³/mol. The zero-order valence-corrected chi connectivity index (χ0v) is 10.9. The van der Waals surface area contributed by atoms with E-state index in [2.05, 4.69) is 64.7 Å². The first-order chi connectivity index (χ1) is 7.15. The Labute approximate surface area is 98.4 Å². The maximum Gasteiger partial charge on any atom is 0.0955 e. The second-order valence-electron chi connectivity index (χ2n) is 4.09. The van der Waals surface area contributed by atoms with E-state index in [4.69, 9.17) is 0 Å². The van der Waals surface area contributed by atoms with Gasteiger partial charge in [-0.1, -0.05) is 34.1 Å². The maximum atomic E-state index is 4.67. The van der Waals surface area contributed by atoms with Gasteiger partial charge < -0.3 is 0 Å². The van der Waals surface area contributed by atoms with Crippen LogP contribution in [0.3, 0.4) is 0 Å². The summed E-state index contributed by atoms with van der Waals surface area (Å²) < 4.78 is 2.10. The molecule has 0 aliphatic rings. The molecule has 80 valence electrons. The SMILES string of the molecule is Cc1cccc2c(CBr)n(C(C)C)nc12. The average molecular weight is 267 g/mol. The van der Waals surface area contributed by atoms with Gasteiger partial charge in [0, 0.05) is 16.8 Å². The normalized spacial score (nSPS) is 11.5. The molecule has 0 saturated heterocycles. The summed E-state index contributed by atoms with van der Waals surface area (Å²) in [5.74, 6) is 0.